The lowest BCUT2D eigenvalue weighted by Crippen LogP contribution is -2.41. The van der Waals surface area contributed by atoms with Crippen LogP contribution in [-0.4, -0.2) is 22.1 Å². The van der Waals surface area contributed by atoms with Crippen LogP contribution < -0.4 is 0 Å². The molecule has 0 N–H and O–H groups in total. The second kappa shape index (κ2) is 5.27. The standard InChI is InChI=1S/C14H12N2O2S2/c15-5-9-10(6-16)20-14-12(18)8-4-2-1-3-7(8)11(17)13(14)19-9/h7-10H,1-4H2. The number of ketones is 2. The summed E-state index contributed by atoms with van der Waals surface area (Å²) in [5.41, 5.74) is 0. The first-order valence-electron chi connectivity index (χ1n) is 6.62. The largest absolute Gasteiger partial charge is 0.293 e. The van der Waals surface area contributed by atoms with Crippen LogP contribution in [0.2, 0.25) is 0 Å². The predicted molar refractivity (Wildman–Crippen MR) is 76.5 cm³/mol. The van der Waals surface area contributed by atoms with Crippen LogP contribution in [0.15, 0.2) is 9.81 Å². The SMILES string of the molecule is N#CC1SC2=C(SC1C#N)C(=O)C1CCCCC1C2=O. The third-order valence-electron chi connectivity index (χ3n) is 4.11. The molecule has 3 rings (SSSR count). The Morgan fingerprint density at radius 2 is 1.25 bits per heavy atom. The number of fused-ring (bicyclic) bond motifs is 1. The zero-order valence-corrected chi connectivity index (χ0v) is 12.3. The van der Waals surface area contributed by atoms with E-state index in [2.05, 4.69) is 12.1 Å². The van der Waals surface area contributed by atoms with Gasteiger partial charge in [0.25, 0.3) is 0 Å². The molecule has 0 spiro atoms. The van der Waals surface area contributed by atoms with Gasteiger partial charge in [-0.25, -0.2) is 0 Å². The highest BCUT2D eigenvalue weighted by molar-refractivity contribution is 8.12. The minimum absolute atomic E-state index is 0.0263. The van der Waals surface area contributed by atoms with Crippen molar-refractivity contribution in [2.75, 3.05) is 0 Å². The molecule has 102 valence electrons. The van der Waals surface area contributed by atoms with Crippen LogP contribution in [0.5, 0.6) is 0 Å². The summed E-state index contributed by atoms with van der Waals surface area (Å²) in [5, 5.41) is 17.1. The topological polar surface area (TPSA) is 81.7 Å². The van der Waals surface area contributed by atoms with Crippen molar-refractivity contribution < 1.29 is 9.59 Å². The zero-order chi connectivity index (χ0) is 14.3. The molecule has 0 bridgehead atoms. The van der Waals surface area contributed by atoms with Gasteiger partial charge in [-0.2, -0.15) is 10.5 Å². The Morgan fingerprint density at radius 1 is 0.850 bits per heavy atom. The maximum atomic E-state index is 12.6. The monoisotopic (exact) mass is 304 g/mol. The van der Waals surface area contributed by atoms with Gasteiger partial charge >= 0.3 is 0 Å². The lowest BCUT2D eigenvalue weighted by atomic mass is 9.72. The Balaban J connectivity index is 2.01. The Kier molecular flexibility index (Phi) is 3.62. The fraction of sp³-hybridized carbons (Fsp3) is 0.571. The fourth-order valence-electron chi connectivity index (χ4n) is 3.11. The van der Waals surface area contributed by atoms with Gasteiger partial charge in [0.05, 0.1) is 21.9 Å². The molecule has 0 aromatic rings. The van der Waals surface area contributed by atoms with Crippen LogP contribution in [0.3, 0.4) is 0 Å². The molecule has 1 saturated carbocycles. The molecular weight excluding hydrogens is 292 g/mol. The maximum Gasteiger partial charge on any atom is 0.174 e. The van der Waals surface area contributed by atoms with Crippen molar-refractivity contribution in [1.29, 1.82) is 10.5 Å². The maximum absolute atomic E-state index is 12.6. The molecule has 0 radical (unpaired) electrons. The first-order valence-corrected chi connectivity index (χ1v) is 8.38. The number of rotatable bonds is 0. The Morgan fingerprint density at radius 3 is 1.60 bits per heavy atom. The molecule has 0 aromatic heterocycles. The minimum atomic E-state index is -0.569. The van der Waals surface area contributed by atoms with Gasteiger partial charge in [-0.1, -0.05) is 36.4 Å². The first-order chi connectivity index (χ1) is 9.67. The number of carbonyl (C=O) groups is 2. The molecule has 0 saturated heterocycles. The Hall–Kier alpha value is -1.24. The number of carbonyl (C=O) groups excluding carboxylic acids is 2. The number of allylic oxidation sites excluding steroid dienone is 2. The van der Waals surface area contributed by atoms with Crippen molar-refractivity contribution in [1.82, 2.24) is 0 Å². The van der Waals surface area contributed by atoms with Crippen LogP contribution in [0.25, 0.3) is 0 Å². The summed E-state index contributed by atoms with van der Waals surface area (Å²) in [6.07, 6.45) is 3.53. The van der Waals surface area contributed by atoms with Gasteiger partial charge in [-0.3, -0.25) is 9.59 Å². The summed E-state index contributed by atoms with van der Waals surface area (Å²) in [4.78, 5) is 26.0. The lowest BCUT2D eigenvalue weighted by Gasteiger charge is -2.37. The Labute approximate surface area is 125 Å². The fourth-order valence-corrected chi connectivity index (χ4v) is 5.66. The van der Waals surface area contributed by atoms with Crippen LogP contribution in [0.4, 0.5) is 0 Å². The van der Waals surface area contributed by atoms with Gasteiger partial charge in [-0.15, -0.1) is 0 Å². The molecule has 4 atom stereocenters. The molecule has 1 heterocycles. The van der Waals surface area contributed by atoms with Crippen molar-refractivity contribution in [2.24, 2.45) is 11.8 Å². The van der Waals surface area contributed by atoms with E-state index in [4.69, 9.17) is 10.5 Å². The third kappa shape index (κ3) is 1.99. The minimum Gasteiger partial charge on any atom is -0.293 e. The average molecular weight is 304 g/mol. The summed E-state index contributed by atoms with van der Waals surface area (Å²) < 4.78 is 0. The van der Waals surface area contributed by atoms with E-state index in [1.807, 2.05) is 0 Å². The van der Waals surface area contributed by atoms with Crippen LogP contribution in [0.1, 0.15) is 25.7 Å². The number of thioether (sulfide) groups is 2. The van der Waals surface area contributed by atoms with Crippen molar-refractivity contribution in [3.8, 4) is 12.1 Å². The summed E-state index contributed by atoms with van der Waals surface area (Å²) in [6, 6.07) is 4.13. The van der Waals surface area contributed by atoms with Gasteiger partial charge in [0.1, 0.15) is 10.5 Å². The van der Waals surface area contributed by atoms with E-state index in [0.717, 1.165) is 49.2 Å². The molecule has 0 aromatic carbocycles. The van der Waals surface area contributed by atoms with Crippen LogP contribution in [-0.2, 0) is 9.59 Å². The molecule has 3 aliphatic rings. The van der Waals surface area contributed by atoms with E-state index < -0.39 is 10.5 Å². The van der Waals surface area contributed by atoms with Crippen molar-refractivity contribution in [3.05, 3.63) is 9.81 Å². The highest BCUT2D eigenvalue weighted by atomic mass is 32.2. The van der Waals surface area contributed by atoms with Gasteiger partial charge in [-0.05, 0) is 12.8 Å². The normalized spacial score (nSPS) is 36.7. The quantitative estimate of drug-likeness (QED) is 0.683. The van der Waals surface area contributed by atoms with E-state index in [1.165, 1.54) is 0 Å². The van der Waals surface area contributed by atoms with Gasteiger partial charge in [0.2, 0.25) is 0 Å². The highest BCUT2D eigenvalue weighted by Gasteiger charge is 2.48. The molecule has 1 aliphatic heterocycles. The lowest BCUT2D eigenvalue weighted by molar-refractivity contribution is -0.131. The second-order valence-electron chi connectivity index (χ2n) is 5.22. The van der Waals surface area contributed by atoms with E-state index in [-0.39, 0.29) is 23.4 Å². The summed E-state index contributed by atoms with van der Waals surface area (Å²) in [5.74, 6) is -0.334. The number of nitrogens with zero attached hydrogens (tertiary/aromatic N) is 2. The number of nitriles is 2. The molecule has 1 fully saturated rings. The van der Waals surface area contributed by atoms with Crippen LogP contribution >= 0.6 is 23.5 Å². The summed E-state index contributed by atoms with van der Waals surface area (Å²) in [7, 11) is 0. The van der Waals surface area contributed by atoms with Crippen molar-refractivity contribution >= 4 is 35.1 Å². The first kappa shape index (κ1) is 13.7. The second-order valence-corrected chi connectivity index (χ2v) is 7.52. The predicted octanol–water partition coefficient (Wildman–Crippen LogP) is 2.42. The Bertz CT molecular complexity index is 547. The molecule has 4 nitrogen and oxygen atoms in total. The van der Waals surface area contributed by atoms with Crippen molar-refractivity contribution in [2.45, 2.75) is 36.2 Å². The summed E-state index contributed by atoms with van der Waals surface area (Å²) >= 11 is 2.24. The van der Waals surface area contributed by atoms with E-state index >= 15 is 0 Å². The summed E-state index contributed by atoms with van der Waals surface area (Å²) in [6.45, 7) is 0. The number of hydrogen-bond acceptors (Lipinski definition) is 6. The molecule has 4 unspecified atom stereocenters. The average Bonchev–Trinajstić information content (AvgIpc) is 2.51. The van der Waals surface area contributed by atoms with E-state index in [1.54, 1.807) is 0 Å². The van der Waals surface area contributed by atoms with Gasteiger partial charge in [0, 0.05) is 11.8 Å². The molecule has 2 aliphatic carbocycles. The number of hydrogen-bond donors (Lipinski definition) is 0. The molecule has 6 heteroatoms. The zero-order valence-electron chi connectivity index (χ0n) is 10.7. The highest BCUT2D eigenvalue weighted by Crippen LogP contribution is 2.51. The van der Waals surface area contributed by atoms with Gasteiger partial charge < -0.3 is 0 Å². The molecular formula is C14H12N2O2S2. The van der Waals surface area contributed by atoms with Gasteiger partial charge in [0.15, 0.2) is 11.6 Å². The van der Waals surface area contributed by atoms with Crippen LogP contribution in [0, 0.1) is 34.5 Å². The smallest absolute Gasteiger partial charge is 0.174 e. The number of Topliss-reactive ketones (excluding diaryl/α,β-unsaturated/α-hetero) is 2. The van der Waals surface area contributed by atoms with E-state index in [0.29, 0.717) is 9.81 Å². The molecule has 0 amide bonds. The van der Waals surface area contributed by atoms with Crippen molar-refractivity contribution in [3.63, 3.8) is 0 Å². The third-order valence-corrected chi connectivity index (χ3v) is 6.96. The van der Waals surface area contributed by atoms with E-state index in [9.17, 15) is 9.59 Å². The molecule has 20 heavy (non-hydrogen) atoms.